The molecule has 0 bridgehead atoms. The fraction of sp³-hybridized carbons (Fsp3) is 0.368. The van der Waals surface area contributed by atoms with Gasteiger partial charge in [0.25, 0.3) is 0 Å². The Labute approximate surface area is 138 Å². The molecule has 1 heterocycles. The van der Waals surface area contributed by atoms with E-state index >= 15 is 0 Å². The first kappa shape index (κ1) is 15.7. The summed E-state index contributed by atoms with van der Waals surface area (Å²) in [7, 11) is 0. The van der Waals surface area contributed by atoms with Crippen LogP contribution >= 0.6 is 0 Å². The molecule has 0 radical (unpaired) electrons. The molecule has 2 aromatic carbocycles. The number of nitrogens with two attached hydrogens (primary N) is 1. The lowest BCUT2D eigenvalue weighted by Gasteiger charge is -2.36. The highest BCUT2D eigenvalue weighted by Crippen LogP contribution is 2.22. The average molecular weight is 311 g/mol. The molecule has 0 unspecified atom stereocenters. The highest BCUT2D eigenvalue weighted by Gasteiger charge is 2.22. The van der Waals surface area contributed by atoms with Gasteiger partial charge < -0.3 is 20.7 Å². The number of anilines is 3. The Kier molecular flexibility index (Phi) is 4.72. The third kappa shape index (κ3) is 4.17. The maximum Gasteiger partial charge on any atom is 0.0726 e. The summed E-state index contributed by atoms with van der Waals surface area (Å²) in [6, 6.07) is 16.6. The lowest BCUT2D eigenvalue weighted by molar-refractivity contribution is -0.00521. The first-order valence-electron chi connectivity index (χ1n) is 8.19. The second-order valence-corrected chi connectivity index (χ2v) is 6.30. The number of nitrogen functional groups attached to an aromatic ring is 1. The Bertz CT molecular complexity index is 614. The van der Waals surface area contributed by atoms with Crippen molar-refractivity contribution in [2.45, 2.75) is 32.6 Å². The number of nitrogens with one attached hydrogen (secondary N) is 1. The molecular formula is C19H25N3O. The molecule has 1 saturated heterocycles. The number of rotatable bonds is 4. The van der Waals surface area contributed by atoms with Gasteiger partial charge in [-0.3, -0.25) is 0 Å². The molecule has 4 heteroatoms. The van der Waals surface area contributed by atoms with Gasteiger partial charge in [0.15, 0.2) is 0 Å². The maximum atomic E-state index is 5.79. The van der Waals surface area contributed by atoms with Crippen LogP contribution < -0.4 is 16.0 Å². The van der Waals surface area contributed by atoms with Gasteiger partial charge >= 0.3 is 0 Å². The van der Waals surface area contributed by atoms with E-state index in [4.69, 9.17) is 10.5 Å². The minimum absolute atomic E-state index is 0.280. The molecule has 2 aromatic rings. The van der Waals surface area contributed by atoms with Crippen LogP contribution in [-0.4, -0.2) is 25.3 Å². The van der Waals surface area contributed by atoms with E-state index in [1.807, 2.05) is 24.3 Å². The number of hydrogen-bond donors (Lipinski definition) is 2. The number of morpholine rings is 1. The van der Waals surface area contributed by atoms with Crippen molar-refractivity contribution in [1.82, 2.24) is 0 Å². The Morgan fingerprint density at radius 2 is 1.61 bits per heavy atom. The maximum absolute atomic E-state index is 5.79. The lowest BCUT2D eigenvalue weighted by atomic mass is 10.1. The van der Waals surface area contributed by atoms with Crippen molar-refractivity contribution < 1.29 is 4.74 Å². The number of benzene rings is 2. The van der Waals surface area contributed by atoms with E-state index in [1.165, 1.54) is 11.3 Å². The van der Waals surface area contributed by atoms with E-state index in [1.54, 1.807) is 0 Å². The van der Waals surface area contributed by atoms with Crippen LogP contribution in [0.3, 0.4) is 0 Å². The molecule has 2 atom stereocenters. The quantitative estimate of drug-likeness (QED) is 0.849. The van der Waals surface area contributed by atoms with E-state index in [2.05, 4.69) is 48.3 Å². The third-order valence-corrected chi connectivity index (χ3v) is 4.13. The summed E-state index contributed by atoms with van der Waals surface area (Å²) in [5.41, 5.74) is 10.1. The smallest absolute Gasteiger partial charge is 0.0726 e. The Hall–Kier alpha value is -2.20. The van der Waals surface area contributed by atoms with Crippen LogP contribution in [0.2, 0.25) is 0 Å². The highest BCUT2D eigenvalue weighted by atomic mass is 16.5. The molecule has 0 saturated carbocycles. The van der Waals surface area contributed by atoms with Gasteiger partial charge in [0.1, 0.15) is 0 Å². The topological polar surface area (TPSA) is 50.5 Å². The summed E-state index contributed by atoms with van der Waals surface area (Å²) in [6.45, 7) is 6.95. The van der Waals surface area contributed by atoms with Crippen LogP contribution in [0.15, 0.2) is 48.5 Å². The van der Waals surface area contributed by atoms with Crippen molar-refractivity contribution in [2.24, 2.45) is 0 Å². The zero-order valence-electron chi connectivity index (χ0n) is 13.8. The molecule has 0 aliphatic carbocycles. The van der Waals surface area contributed by atoms with Crippen molar-refractivity contribution in [3.63, 3.8) is 0 Å². The third-order valence-electron chi connectivity index (χ3n) is 4.13. The van der Waals surface area contributed by atoms with Gasteiger partial charge in [-0.1, -0.05) is 12.1 Å². The zero-order chi connectivity index (χ0) is 16.2. The second kappa shape index (κ2) is 6.92. The lowest BCUT2D eigenvalue weighted by Crippen LogP contribution is -2.45. The van der Waals surface area contributed by atoms with Crippen molar-refractivity contribution >= 4 is 17.1 Å². The van der Waals surface area contributed by atoms with Crippen molar-refractivity contribution in [1.29, 1.82) is 0 Å². The van der Waals surface area contributed by atoms with Gasteiger partial charge in [0, 0.05) is 36.7 Å². The molecule has 1 fully saturated rings. The second-order valence-electron chi connectivity index (χ2n) is 6.30. The SMILES string of the molecule is C[C@@H]1CN(c2ccc(NCc3ccc(N)cc3)cc2)C[C@@H](C)O1. The minimum Gasteiger partial charge on any atom is -0.399 e. The summed E-state index contributed by atoms with van der Waals surface area (Å²) in [5.74, 6) is 0. The minimum atomic E-state index is 0.280. The first-order valence-corrected chi connectivity index (χ1v) is 8.19. The summed E-state index contributed by atoms with van der Waals surface area (Å²) in [4.78, 5) is 2.39. The van der Waals surface area contributed by atoms with Crippen LogP contribution in [-0.2, 0) is 11.3 Å². The molecular weight excluding hydrogens is 286 g/mol. The predicted octanol–water partition coefficient (Wildman–Crippen LogP) is 3.49. The van der Waals surface area contributed by atoms with E-state index in [-0.39, 0.29) is 12.2 Å². The van der Waals surface area contributed by atoms with E-state index in [0.29, 0.717) is 0 Å². The molecule has 1 aliphatic heterocycles. The van der Waals surface area contributed by atoms with Gasteiger partial charge in [-0.25, -0.2) is 0 Å². The highest BCUT2D eigenvalue weighted by molar-refractivity contribution is 5.55. The summed E-state index contributed by atoms with van der Waals surface area (Å²) in [5, 5.41) is 3.44. The van der Waals surface area contributed by atoms with Crippen LogP contribution in [0.5, 0.6) is 0 Å². The Balaban J connectivity index is 1.59. The predicted molar refractivity (Wildman–Crippen MR) is 96.8 cm³/mol. The fourth-order valence-corrected chi connectivity index (χ4v) is 3.02. The standard InChI is InChI=1S/C19H25N3O/c1-14-12-22(13-15(2)23-14)19-9-7-18(8-10-19)21-11-16-3-5-17(20)6-4-16/h3-10,14-15,21H,11-13,20H2,1-2H3/t14-,15-/m1/s1. The van der Waals surface area contributed by atoms with Gasteiger partial charge in [0.2, 0.25) is 0 Å². The molecule has 3 N–H and O–H groups in total. The molecule has 4 nitrogen and oxygen atoms in total. The summed E-state index contributed by atoms with van der Waals surface area (Å²) in [6.07, 6.45) is 0.559. The summed E-state index contributed by atoms with van der Waals surface area (Å²) >= 11 is 0. The molecule has 23 heavy (non-hydrogen) atoms. The molecule has 1 aliphatic rings. The van der Waals surface area contributed by atoms with E-state index in [0.717, 1.165) is 31.0 Å². The number of nitrogens with zero attached hydrogens (tertiary/aromatic N) is 1. The molecule has 0 spiro atoms. The molecule has 0 amide bonds. The van der Waals surface area contributed by atoms with Crippen LogP contribution in [0.1, 0.15) is 19.4 Å². The monoisotopic (exact) mass is 311 g/mol. The Morgan fingerprint density at radius 1 is 1.00 bits per heavy atom. The van der Waals surface area contributed by atoms with Crippen molar-refractivity contribution in [3.05, 3.63) is 54.1 Å². The largest absolute Gasteiger partial charge is 0.399 e. The first-order chi connectivity index (χ1) is 11.1. The van der Waals surface area contributed by atoms with Crippen LogP contribution in [0.25, 0.3) is 0 Å². The van der Waals surface area contributed by atoms with Gasteiger partial charge in [-0.05, 0) is 55.8 Å². The number of hydrogen-bond acceptors (Lipinski definition) is 4. The van der Waals surface area contributed by atoms with E-state index in [9.17, 15) is 0 Å². The fourth-order valence-electron chi connectivity index (χ4n) is 3.02. The Morgan fingerprint density at radius 3 is 2.22 bits per heavy atom. The molecule has 3 rings (SSSR count). The van der Waals surface area contributed by atoms with Gasteiger partial charge in [0.05, 0.1) is 12.2 Å². The van der Waals surface area contributed by atoms with E-state index < -0.39 is 0 Å². The zero-order valence-corrected chi connectivity index (χ0v) is 13.8. The average Bonchev–Trinajstić information content (AvgIpc) is 2.54. The molecule has 122 valence electrons. The number of ether oxygens (including phenoxy) is 1. The summed E-state index contributed by atoms with van der Waals surface area (Å²) < 4.78 is 5.79. The van der Waals surface area contributed by atoms with Gasteiger partial charge in [-0.2, -0.15) is 0 Å². The molecule has 0 aromatic heterocycles. The van der Waals surface area contributed by atoms with Crippen molar-refractivity contribution in [3.8, 4) is 0 Å². The van der Waals surface area contributed by atoms with Crippen LogP contribution in [0.4, 0.5) is 17.1 Å². The normalized spacial score (nSPS) is 21.2. The van der Waals surface area contributed by atoms with Crippen molar-refractivity contribution in [2.75, 3.05) is 29.0 Å². The van der Waals surface area contributed by atoms with Gasteiger partial charge in [-0.15, -0.1) is 0 Å². The van der Waals surface area contributed by atoms with Crippen LogP contribution in [0, 0.1) is 0 Å².